The fraction of sp³-hybridized carbons (Fsp3) is 0.346. The molecule has 4 rings (SSSR count). The Balaban J connectivity index is 1.32. The molecular weight excluding hydrogens is 416 g/mol. The smallest absolute Gasteiger partial charge is 0.324 e. The van der Waals surface area contributed by atoms with Crippen LogP contribution in [0.15, 0.2) is 60.8 Å². The van der Waals surface area contributed by atoms with Gasteiger partial charge in [0.05, 0.1) is 11.2 Å². The molecule has 0 radical (unpaired) electrons. The zero-order chi connectivity index (χ0) is 23.4. The molecule has 1 aromatic heterocycles. The van der Waals surface area contributed by atoms with Gasteiger partial charge in [-0.3, -0.25) is 14.5 Å². The molecule has 2 N–H and O–H groups in total. The number of urea groups is 1. The maximum atomic E-state index is 12.7. The van der Waals surface area contributed by atoms with Crippen molar-refractivity contribution in [1.29, 1.82) is 0 Å². The quantitative estimate of drug-likeness (QED) is 0.484. The topological polar surface area (TPSA) is 83.4 Å². The van der Waals surface area contributed by atoms with Gasteiger partial charge in [-0.1, -0.05) is 50.2 Å². The van der Waals surface area contributed by atoms with E-state index in [1.165, 1.54) is 4.90 Å². The molecule has 33 heavy (non-hydrogen) atoms. The van der Waals surface area contributed by atoms with E-state index in [0.717, 1.165) is 28.7 Å². The van der Waals surface area contributed by atoms with Crippen molar-refractivity contribution in [2.75, 3.05) is 11.9 Å². The van der Waals surface area contributed by atoms with Gasteiger partial charge in [-0.15, -0.1) is 0 Å². The number of carbonyl (C=O) groups excluding carboxylic acids is 3. The van der Waals surface area contributed by atoms with Crippen LogP contribution in [-0.2, 0) is 22.6 Å². The zero-order valence-electron chi connectivity index (χ0n) is 19.1. The number of rotatable bonds is 9. The fourth-order valence-corrected chi connectivity index (χ4v) is 4.24. The van der Waals surface area contributed by atoms with Gasteiger partial charge >= 0.3 is 6.03 Å². The number of amides is 4. The highest BCUT2D eigenvalue weighted by atomic mass is 16.2. The lowest BCUT2D eigenvalue weighted by Gasteiger charge is -2.13. The van der Waals surface area contributed by atoms with Gasteiger partial charge in [-0.25, -0.2) is 4.79 Å². The summed E-state index contributed by atoms with van der Waals surface area (Å²) in [5, 5.41) is 6.67. The Labute approximate surface area is 193 Å². The first kappa shape index (κ1) is 22.6. The van der Waals surface area contributed by atoms with Gasteiger partial charge in [0.25, 0.3) is 5.91 Å². The lowest BCUT2D eigenvalue weighted by molar-refractivity contribution is -0.127. The average Bonchev–Trinajstić information content (AvgIpc) is 3.32. The Hall–Kier alpha value is -3.61. The number of carbonyl (C=O) groups is 3. The van der Waals surface area contributed by atoms with Crippen LogP contribution >= 0.6 is 0 Å². The first-order valence-electron chi connectivity index (χ1n) is 11.5. The van der Waals surface area contributed by atoms with Gasteiger partial charge in [-0.05, 0) is 42.5 Å². The molecule has 1 saturated heterocycles. The number of nitrogens with zero attached hydrogens (tertiary/aromatic N) is 2. The van der Waals surface area contributed by atoms with Crippen LogP contribution in [0.4, 0.5) is 10.5 Å². The molecule has 0 saturated carbocycles. The summed E-state index contributed by atoms with van der Waals surface area (Å²) in [6.07, 6.45) is 3.06. The molecule has 2 aromatic carbocycles. The van der Waals surface area contributed by atoms with Crippen molar-refractivity contribution in [3.05, 3.63) is 66.4 Å². The number of imide groups is 1. The first-order valence-corrected chi connectivity index (χ1v) is 11.5. The van der Waals surface area contributed by atoms with Gasteiger partial charge in [0.2, 0.25) is 5.91 Å². The lowest BCUT2D eigenvalue weighted by atomic mass is 10.1. The van der Waals surface area contributed by atoms with Crippen molar-refractivity contribution in [2.45, 2.75) is 45.7 Å². The summed E-state index contributed by atoms with van der Waals surface area (Å²) >= 11 is 0. The van der Waals surface area contributed by atoms with E-state index in [1.54, 1.807) is 0 Å². The van der Waals surface area contributed by atoms with E-state index in [4.69, 9.17) is 0 Å². The van der Waals surface area contributed by atoms with Crippen molar-refractivity contribution >= 4 is 34.4 Å². The normalized spacial score (nSPS) is 16.0. The van der Waals surface area contributed by atoms with E-state index in [0.29, 0.717) is 18.9 Å². The molecule has 7 heteroatoms. The van der Waals surface area contributed by atoms with Crippen molar-refractivity contribution in [3.63, 3.8) is 0 Å². The van der Waals surface area contributed by atoms with E-state index in [-0.39, 0.29) is 24.7 Å². The lowest BCUT2D eigenvalue weighted by Crippen LogP contribution is -2.33. The first-order chi connectivity index (χ1) is 15.9. The summed E-state index contributed by atoms with van der Waals surface area (Å²) < 4.78 is 2.19. The third-order valence-electron chi connectivity index (χ3n) is 5.88. The van der Waals surface area contributed by atoms with Crippen molar-refractivity contribution in [1.82, 2.24) is 14.8 Å². The number of aromatic nitrogens is 1. The number of hydrogen-bond donors (Lipinski definition) is 2. The molecule has 1 fully saturated rings. The van der Waals surface area contributed by atoms with Crippen LogP contribution < -0.4 is 10.6 Å². The minimum Gasteiger partial charge on any atom is -0.347 e. The molecule has 0 bridgehead atoms. The summed E-state index contributed by atoms with van der Waals surface area (Å²) in [6.45, 7) is 5.57. The second kappa shape index (κ2) is 9.90. The molecular formula is C26H30N4O3. The number of nitrogens with one attached hydrogen (secondary N) is 2. The summed E-state index contributed by atoms with van der Waals surface area (Å²) in [5.41, 5.74) is 2.90. The van der Waals surface area contributed by atoms with Gasteiger partial charge in [0.1, 0.15) is 6.04 Å². The third kappa shape index (κ3) is 5.25. The standard InChI is InChI=1S/C26H30N4O3/c1-18(2)17-29-15-14-20-21(9-6-10-23(20)29)27-24(31)12-11-22-25(32)30(26(33)28-22)16-13-19-7-4-3-5-8-19/h3-10,14-15,18,22H,11-13,16-17H2,1-2H3,(H,27,31)(H,28,33)/t22-/m0/s1. The highest BCUT2D eigenvalue weighted by Gasteiger charge is 2.37. The van der Waals surface area contributed by atoms with Gasteiger partial charge in [0.15, 0.2) is 0 Å². The highest BCUT2D eigenvalue weighted by molar-refractivity contribution is 6.05. The summed E-state index contributed by atoms with van der Waals surface area (Å²) in [5.74, 6) is 0.0748. The molecule has 0 unspecified atom stereocenters. The van der Waals surface area contributed by atoms with E-state index >= 15 is 0 Å². The Morgan fingerprint density at radius 2 is 1.85 bits per heavy atom. The largest absolute Gasteiger partial charge is 0.347 e. The number of fused-ring (bicyclic) bond motifs is 1. The Morgan fingerprint density at radius 1 is 1.06 bits per heavy atom. The molecule has 0 spiro atoms. The number of benzene rings is 2. The highest BCUT2D eigenvalue weighted by Crippen LogP contribution is 2.25. The van der Waals surface area contributed by atoms with Crippen LogP contribution in [0.3, 0.4) is 0 Å². The van der Waals surface area contributed by atoms with E-state index in [1.807, 2.05) is 60.8 Å². The maximum absolute atomic E-state index is 12.7. The van der Waals surface area contributed by atoms with Crippen LogP contribution in [-0.4, -0.2) is 39.9 Å². The zero-order valence-corrected chi connectivity index (χ0v) is 19.1. The minimum absolute atomic E-state index is 0.145. The molecule has 2 heterocycles. The molecule has 4 amide bonds. The fourth-order valence-electron chi connectivity index (χ4n) is 4.24. The van der Waals surface area contributed by atoms with Crippen LogP contribution in [0.2, 0.25) is 0 Å². The summed E-state index contributed by atoms with van der Waals surface area (Å²) in [6, 6.07) is 16.6. The second-order valence-corrected chi connectivity index (χ2v) is 8.91. The maximum Gasteiger partial charge on any atom is 0.324 e. The van der Waals surface area contributed by atoms with Gasteiger partial charge in [-0.2, -0.15) is 0 Å². The predicted octanol–water partition coefficient (Wildman–Crippen LogP) is 4.18. The minimum atomic E-state index is -0.665. The van der Waals surface area contributed by atoms with Crippen LogP contribution in [0.1, 0.15) is 32.3 Å². The van der Waals surface area contributed by atoms with Gasteiger partial charge < -0.3 is 15.2 Å². The Morgan fingerprint density at radius 3 is 2.61 bits per heavy atom. The van der Waals surface area contributed by atoms with Gasteiger partial charge in [0, 0.05) is 31.1 Å². The van der Waals surface area contributed by atoms with Crippen molar-refractivity contribution in [3.8, 4) is 0 Å². The molecule has 172 valence electrons. The SMILES string of the molecule is CC(C)Cn1ccc2c(NC(=O)CC[C@@H]3NC(=O)N(CCc4ccccc4)C3=O)cccc21. The van der Waals surface area contributed by atoms with Crippen LogP contribution in [0.25, 0.3) is 10.9 Å². The number of anilines is 1. The van der Waals surface area contributed by atoms with Crippen LogP contribution in [0, 0.1) is 5.92 Å². The van der Waals surface area contributed by atoms with E-state index < -0.39 is 12.1 Å². The Kier molecular flexibility index (Phi) is 6.77. The van der Waals surface area contributed by atoms with Crippen molar-refractivity contribution < 1.29 is 14.4 Å². The molecule has 1 atom stereocenters. The van der Waals surface area contributed by atoms with Crippen molar-refractivity contribution in [2.24, 2.45) is 5.92 Å². The predicted molar refractivity (Wildman–Crippen MR) is 129 cm³/mol. The second-order valence-electron chi connectivity index (χ2n) is 8.91. The monoisotopic (exact) mass is 446 g/mol. The number of hydrogen-bond acceptors (Lipinski definition) is 3. The molecule has 0 aliphatic carbocycles. The summed E-state index contributed by atoms with van der Waals surface area (Å²) in [7, 11) is 0. The third-order valence-corrected chi connectivity index (χ3v) is 5.88. The summed E-state index contributed by atoms with van der Waals surface area (Å²) in [4.78, 5) is 38.8. The van der Waals surface area contributed by atoms with Crippen LogP contribution in [0.5, 0.6) is 0 Å². The molecule has 3 aromatic rings. The molecule has 1 aliphatic heterocycles. The average molecular weight is 447 g/mol. The van der Waals surface area contributed by atoms with E-state index in [2.05, 4.69) is 29.0 Å². The molecule has 1 aliphatic rings. The Bertz CT molecular complexity index is 1150. The molecule has 7 nitrogen and oxygen atoms in total. The van der Waals surface area contributed by atoms with E-state index in [9.17, 15) is 14.4 Å².